The zero-order valence-corrected chi connectivity index (χ0v) is 12.6. The molecule has 102 valence electrons. The van der Waals surface area contributed by atoms with E-state index in [1.807, 2.05) is 6.92 Å². The molecule has 0 unspecified atom stereocenters. The maximum atomic E-state index is 4.41. The smallest absolute Gasteiger partial charge is 0.187 e. The van der Waals surface area contributed by atoms with Crippen molar-refractivity contribution in [3.8, 4) is 0 Å². The molecule has 2 rings (SSSR count). The van der Waals surface area contributed by atoms with E-state index in [-0.39, 0.29) is 0 Å². The molecule has 0 bridgehead atoms. The van der Waals surface area contributed by atoms with Crippen LogP contribution in [0.3, 0.4) is 0 Å². The molecule has 0 spiro atoms. The molecule has 0 fully saturated rings. The summed E-state index contributed by atoms with van der Waals surface area (Å²) in [6.07, 6.45) is 6.48. The number of benzene rings is 1. The number of nitrogens with one attached hydrogen (secondary N) is 1. The molecule has 3 heteroatoms. The molecule has 1 aromatic heterocycles. The number of hydrogen-bond acceptors (Lipinski definition) is 3. The van der Waals surface area contributed by atoms with Crippen LogP contribution in [0, 0.1) is 6.92 Å². The van der Waals surface area contributed by atoms with Crippen molar-refractivity contribution in [3.63, 3.8) is 0 Å². The van der Waals surface area contributed by atoms with E-state index in [1.54, 1.807) is 11.3 Å². The van der Waals surface area contributed by atoms with Gasteiger partial charge in [-0.15, -0.1) is 11.3 Å². The summed E-state index contributed by atoms with van der Waals surface area (Å²) >= 11 is 1.65. The minimum Gasteiger partial charge on any atom is -0.332 e. The highest BCUT2D eigenvalue weighted by Gasteiger charge is 1.99. The number of anilines is 2. The summed E-state index contributed by atoms with van der Waals surface area (Å²) in [6, 6.07) is 8.72. The summed E-state index contributed by atoms with van der Waals surface area (Å²) in [6.45, 7) is 4.27. The van der Waals surface area contributed by atoms with Crippen LogP contribution in [0.1, 0.15) is 43.9 Å². The molecule has 1 heterocycles. The Morgan fingerprint density at radius 3 is 2.53 bits per heavy atom. The zero-order chi connectivity index (χ0) is 13.5. The van der Waals surface area contributed by atoms with Crippen molar-refractivity contribution in [2.24, 2.45) is 0 Å². The van der Waals surface area contributed by atoms with Gasteiger partial charge in [0.2, 0.25) is 0 Å². The van der Waals surface area contributed by atoms with Gasteiger partial charge in [0.25, 0.3) is 0 Å². The van der Waals surface area contributed by atoms with Crippen LogP contribution in [0.4, 0.5) is 10.8 Å². The van der Waals surface area contributed by atoms with Gasteiger partial charge < -0.3 is 5.32 Å². The Hall–Kier alpha value is -1.35. The molecule has 0 aliphatic carbocycles. The average Bonchev–Trinajstić information content (AvgIpc) is 2.82. The van der Waals surface area contributed by atoms with E-state index in [9.17, 15) is 0 Å². The van der Waals surface area contributed by atoms with Crippen molar-refractivity contribution in [3.05, 3.63) is 40.9 Å². The van der Waals surface area contributed by atoms with Gasteiger partial charge >= 0.3 is 0 Å². The Balaban J connectivity index is 1.84. The third kappa shape index (κ3) is 4.67. The van der Waals surface area contributed by atoms with Crippen molar-refractivity contribution in [2.75, 3.05) is 5.32 Å². The molecule has 2 aromatic rings. The van der Waals surface area contributed by atoms with E-state index in [4.69, 9.17) is 0 Å². The van der Waals surface area contributed by atoms with Crippen LogP contribution in [0.25, 0.3) is 0 Å². The Kier molecular flexibility index (Phi) is 5.40. The second-order valence-corrected chi connectivity index (χ2v) is 5.78. The molecule has 2 nitrogen and oxygen atoms in total. The lowest BCUT2D eigenvalue weighted by Gasteiger charge is -2.05. The largest absolute Gasteiger partial charge is 0.332 e. The fourth-order valence-corrected chi connectivity index (χ4v) is 2.75. The Bertz CT molecular complexity index is 488. The summed E-state index contributed by atoms with van der Waals surface area (Å²) in [7, 11) is 0. The Morgan fingerprint density at radius 1 is 1.11 bits per heavy atom. The number of nitrogens with zero attached hydrogens (tertiary/aromatic N) is 1. The highest BCUT2D eigenvalue weighted by molar-refractivity contribution is 7.13. The summed E-state index contributed by atoms with van der Waals surface area (Å²) in [5.41, 5.74) is 3.61. The van der Waals surface area contributed by atoms with E-state index >= 15 is 0 Å². The highest BCUT2D eigenvalue weighted by Crippen LogP contribution is 2.21. The van der Waals surface area contributed by atoms with Gasteiger partial charge in [0.1, 0.15) is 0 Å². The highest BCUT2D eigenvalue weighted by atomic mass is 32.1. The van der Waals surface area contributed by atoms with Gasteiger partial charge in [0.05, 0.1) is 5.69 Å². The fraction of sp³-hybridized carbons (Fsp3) is 0.438. The van der Waals surface area contributed by atoms with Crippen LogP contribution in [0.5, 0.6) is 0 Å². The van der Waals surface area contributed by atoms with Crippen LogP contribution in [-0.2, 0) is 6.42 Å². The molecule has 0 atom stereocenters. The van der Waals surface area contributed by atoms with Crippen LogP contribution >= 0.6 is 11.3 Å². The number of rotatable bonds is 7. The minimum atomic E-state index is 0.966. The van der Waals surface area contributed by atoms with Crippen LogP contribution < -0.4 is 5.32 Å². The molecule has 0 aliphatic heterocycles. The third-order valence-corrected chi connectivity index (χ3v) is 4.02. The first-order chi connectivity index (χ1) is 9.28. The molecule has 0 amide bonds. The summed E-state index contributed by atoms with van der Waals surface area (Å²) < 4.78 is 0. The van der Waals surface area contributed by atoms with Crippen molar-refractivity contribution in [1.29, 1.82) is 0 Å². The normalized spacial score (nSPS) is 10.6. The van der Waals surface area contributed by atoms with Crippen molar-refractivity contribution in [2.45, 2.75) is 46.0 Å². The molecular weight excluding hydrogens is 252 g/mol. The maximum Gasteiger partial charge on any atom is 0.187 e. The second kappa shape index (κ2) is 7.29. The molecule has 1 N–H and O–H groups in total. The van der Waals surface area contributed by atoms with Gasteiger partial charge in [-0.25, -0.2) is 4.98 Å². The molecule has 0 aliphatic rings. The molecule has 19 heavy (non-hydrogen) atoms. The summed E-state index contributed by atoms with van der Waals surface area (Å²) in [5.74, 6) is 0. The standard InChI is InChI=1S/C16H22N2S/c1-3-4-5-6-7-14-8-10-15(11-9-14)18-16-17-13(2)12-19-16/h8-12H,3-7H2,1-2H3,(H,17,18). The number of aryl methyl sites for hydroxylation is 2. The first-order valence-electron chi connectivity index (χ1n) is 7.06. The van der Waals surface area contributed by atoms with Gasteiger partial charge in [-0.1, -0.05) is 38.3 Å². The van der Waals surface area contributed by atoms with Gasteiger partial charge in [0.15, 0.2) is 5.13 Å². The number of aromatic nitrogens is 1. The van der Waals surface area contributed by atoms with Crippen LogP contribution in [0.2, 0.25) is 0 Å². The number of thiazole rings is 1. The van der Waals surface area contributed by atoms with E-state index < -0.39 is 0 Å². The Morgan fingerprint density at radius 2 is 1.89 bits per heavy atom. The van der Waals surface area contributed by atoms with E-state index in [1.165, 1.54) is 37.7 Å². The minimum absolute atomic E-state index is 0.966. The van der Waals surface area contributed by atoms with Crippen LogP contribution in [-0.4, -0.2) is 4.98 Å². The van der Waals surface area contributed by atoms with Crippen LogP contribution in [0.15, 0.2) is 29.6 Å². The predicted octanol–water partition coefficient (Wildman–Crippen LogP) is 5.32. The lowest BCUT2D eigenvalue weighted by molar-refractivity contribution is 0.667. The third-order valence-electron chi connectivity index (χ3n) is 3.14. The quantitative estimate of drug-likeness (QED) is 0.691. The van der Waals surface area contributed by atoms with Crippen molar-refractivity contribution < 1.29 is 0 Å². The van der Waals surface area contributed by atoms with E-state index in [0.717, 1.165) is 16.5 Å². The first kappa shape index (κ1) is 14.1. The topological polar surface area (TPSA) is 24.9 Å². The first-order valence-corrected chi connectivity index (χ1v) is 7.94. The fourth-order valence-electron chi connectivity index (χ4n) is 2.05. The van der Waals surface area contributed by atoms with Crippen molar-refractivity contribution in [1.82, 2.24) is 4.98 Å². The lowest BCUT2D eigenvalue weighted by atomic mass is 10.1. The molecule has 1 aromatic carbocycles. The van der Waals surface area contributed by atoms with Gasteiger partial charge in [0, 0.05) is 11.1 Å². The zero-order valence-electron chi connectivity index (χ0n) is 11.8. The molecule has 0 saturated heterocycles. The summed E-state index contributed by atoms with van der Waals surface area (Å²) in [5, 5.41) is 6.36. The van der Waals surface area contributed by atoms with E-state index in [0.29, 0.717) is 0 Å². The molecule has 0 radical (unpaired) electrons. The lowest BCUT2D eigenvalue weighted by Crippen LogP contribution is -1.91. The molecular formula is C16H22N2S. The van der Waals surface area contributed by atoms with Gasteiger partial charge in [-0.05, 0) is 37.5 Å². The summed E-state index contributed by atoms with van der Waals surface area (Å²) in [4.78, 5) is 4.41. The SMILES string of the molecule is CCCCCCc1ccc(Nc2nc(C)cs2)cc1. The predicted molar refractivity (Wildman–Crippen MR) is 84.4 cm³/mol. The Labute approximate surface area is 119 Å². The number of unbranched alkanes of at least 4 members (excludes halogenated alkanes) is 3. The molecule has 0 saturated carbocycles. The number of hydrogen-bond donors (Lipinski definition) is 1. The second-order valence-electron chi connectivity index (χ2n) is 4.93. The van der Waals surface area contributed by atoms with Gasteiger partial charge in [-0.2, -0.15) is 0 Å². The van der Waals surface area contributed by atoms with E-state index in [2.05, 4.69) is 46.9 Å². The monoisotopic (exact) mass is 274 g/mol. The van der Waals surface area contributed by atoms with Crippen molar-refractivity contribution >= 4 is 22.2 Å². The maximum absolute atomic E-state index is 4.41. The average molecular weight is 274 g/mol. The van der Waals surface area contributed by atoms with Gasteiger partial charge in [-0.3, -0.25) is 0 Å².